The quantitative estimate of drug-likeness (QED) is 0.628. The lowest BCUT2D eigenvalue weighted by molar-refractivity contribution is -0.137. The van der Waals surface area contributed by atoms with Gasteiger partial charge in [0.05, 0.1) is 0 Å². The molecule has 0 bridgehead atoms. The van der Waals surface area contributed by atoms with Gasteiger partial charge in [-0.3, -0.25) is 14.2 Å². The molecule has 0 saturated carbocycles. The highest BCUT2D eigenvalue weighted by molar-refractivity contribution is 5.73. The number of nitrogens with zero attached hydrogens (tertiary/aromatic N) is 5. The fourth-order valence-electron chi connectivity index (χ4n) is 2.00. The highest BCUT2D eigenvalue weighted by Crippen LogP contribution is 2.20. The number of anilines is 1. The zero-order chi connectivity index (χ0) is 15.0. The normalized spacial score (nSPS) is 10.9. The van der Waals surface area contributed by atoms with Gasteiger partial charge in [0.1, 0.15) is 12.9 Å². The van der Waals surface area contributed by atoms with Gasteiger partial charge in [-0.2, -0.15) is 9.61 Å². The molecule has 1 aromatic carbocycles. The molecule has 3 N–H and O–H groups in total. The highest BCUT2D eigenvalue weighted by atomic mass is 16.4. The minimum atomic E-state index is -1.17. The second kappa shape index (κ2) is 4.71. The summed E-state index contributed by atoms with van der Waals surface area (Å²) in [5, 5.41) is 20.4. The number of rotatable bonds is 3. The molecule has 21 heavy (non-hydrogen) atoms. The molecule has 0 saturated heterocycles. The van der Waals surface area contributed by atoms with Gasteiger partial charge in [0.15, 0.2) is 5.69 Å². The van der Waals surface area contributed by atoms with E-state index in [0.717, 1.165) is 4.57 Å². The van der Waals surface area contributed by atoms with Crippen molar-refractivity contribution in [2.45, 2.75) is 6.54 Å². The van der Waals surface area contributed by atoms with Gasteiger partial charge >= 0.3 is 5.97 Å². The number of carbonyl (C=O) groups is 1. The summed E-state index contributed by atoms with van der Waals surface area (Å²) in [4.78, 5) is 23.4. The SMILES string of the molecule is Nc1ccccc1-c1nn2cnnc2n(CC(=O)O)c1=O. The van der Waals surface area contributed by atoms with Crippen molar-refractivity contribution < 1.29 is 9.90 Å². The third-order valence-corrected chi connectivity index (χ3v) is 2.92. The van der Waals surface area contributed by atoms with Crippen LogP contribution in [0.25, 0.3) is 17.0 Å². The number of nitrogen functional groups attached to an aromatic ring is 1. The van der Waals surface area contributed by atoms with Gasteiger partial charge in [0, 0.05) is 11.3 Å². The zero-order valence-corrected chi connectivity index (χ0v) is 10.7. The van der Waals surface area contributed by atoms with Crippen LogP contribution < -0.4 is 11.3 Å². The van der Waals surface area contributed by atoms with Crippen LogP contribution in [0.15, 0.2) is 35.4 Å². The molecule has 0 fully saturated rings. The molecule has 0 aliphatic carbocycles. The van der Waals surface area contributed by atoms with Crippen LogP contribution in [-0.2, 0) is 11.3 Å². The van der Waals surface area contributed by atoms with E-state index in [-0.39, 0.29) is 11.5 Å². The summed E-state index contributed by atoms with van der Waals surface area (Å²) in [5.41, 5.74) is 6.10. The van der Waals surface area contributed by atoms with Crippen molar-refractivity contribution in [2.24, 2.45) is 0 Å². The molecule has 0 unspecified atom stereocenters. The Labute approximate surface area is 117 Å². The van der Waals surface area contributed by atoms with E-state index in [1.54, 1.807) is 24.3 Å². The molecule has 0 aliphatic rings. The van der Waals surface area contributed by atoms with Gasteiger partial charge in [0.25, 0.3) is 11.3 Å². The molecule has 9 nitrogen and oxygen atoms in total. The van der Waals surface area contributed by atoms with Crippen molar-refractivity contribution >= 4 is 17.4 Å². The minimum Gasteiger partial charge on any atom is -0.480 e. The average Bonchev–Trinajstić information content (AvgIpc) is 2.90. The lowest BCUT2D eigenvalue weighted by atomic mass is 10.1. The van der Waals surface area contributed by atoms with Crippen LogP contribution in [0.4, 0.5) is 5.69 Å². The molecule has 0 amide bonds. The van der Waals surface area contributed by atoms with Crippen LogP contribution in [0.2, 0.25) is 0 Å². The van der Waals surface area contributed by atoms with E-state index >= 15 is 0 Å². The summed E-state index contributed by atoms with van der Waals surface area (Å²) in [6.45, 7) is -0.538. The first-order valence-electron chi connectivity index (χ1n) is 5.95. The Morgan fingerprint density at radius 2 is 2.10 bits per heavy atom. The van der Waals surface area contributed by atoms with Gasteiger partial charge in [-0.25, -0.2) is 0 Å². The smallest absolute Gasteiger partial charge is 0.323 e. The molecule has 3 rings (SSSR count). The second-order valence-electron chi connectivity index (χ2n) is 4.30. The first-order valence-corrected chi connectivity index (χ1v) is 5.95. The molecule has 0 spiro atoms. The van der Waals surface area contributed by atoms with Crippen molar-refractivity contribution in [1.82, 2.24) is 24.4 Å². The Bertz CT molecular complexity index is 897. The maximum absolute atomic E-state index is 12.5. The van der Waals surface area contributed by atoms with Gasteiger partial charge in [-0.15, -0.1) is 10.2 Å². The molecule has 2 heterocycles. The number of para-hydroxylation sites is 1. The Kier molecular flexibility index (Phi) is 2.87. The first kappa shape index (κ1) is 12.8. The summed E-state index contributed by atoms with van der Waals surface area (Å²) in [5.74, 6) is -1.11. The average molecular weight is 286 g/mol. The summed E-state index contributed by atoms with van der Waals surface area (Å²) in [6.07, 6.45) is 1.29. The third-order valence-electron chi connectivity index (χ3n) is 2.92. The number of benzene rings is 1. The number of aromatic nitrogens is 5. The van der Waals surface area contributed by atoms with Crippen LogP contribution in [0.1, 0.15) is 0 Å². The fraction of sp³-hybridized carbons (Fsp3) is 0.0833. The molecule has 106 valence electrons. The molecule has 2 aromatic heterocycles. The Morgan fingerprint density at radius 1 is 1.33 bits per heavy atom. The van der Waals surface area contributed by atoms with Crippen LogP contribution in [0.5, 0.6) is 0 Å². The monoisotopic (exact) mass is 286 g/mol. The van der Waals surface area contributed by atoms with Crippen LogP contribution in [0.3, 0.4) is 0 Å². The number of carboxylic acid groups (broad SMARTS) is 1. The Balaban J connectivity index is 2.34. The fourth-order valence-corrected chi connectivity index (χ4v) is 2.00. The molecule has 0 aliphatic heterocycles. The van der Waals surface area contributed by atoms with Gasteiger partial charge in [-0.1, -0.05) is 18.2 Å². The molecule has 3 aromatic rings. The van der Waals surface area contributed by atoms with Crippen molar-refractivity contribution in [1.29, 1.82) is 0 Å². The van der Waals surface area contributed by atoms with Crippen LogP contribution in [0, 0.1) is 0 Å². The number of hydrogen-bond acceptors (Lipinski definition) is 6. The molecular weight excluding hydrogens is 276 g/mol. The zero-order valence-electron chi connectivity index (χ0n) is 10.7. The molecule has 0 radical (unpaired) electrons. The maximum atomic E-state index is 12.5. The number of fused-ring (bicyclic) bond motifs is 1. The van der Waals surface area contributed by atoms with Crippen molar-refractivity contribution in [3.63, 3.8) is 0 Å². The predicted octanol–water partition coefficient (Wildman–Crippen LogP) is -0.380. The van der Waals surface area contributed by atoms with Crippen molar-refractivity contribution in [2.75, 3.05) is 5.73 Å². The van der Waals surface area contributed by atoms with Crippen molar-refractivity contribution in [3.8, 4) is 11.3 Å². The van der Waals surface area contributed by atoms with Crippen molar-refractivity contribution in [3.05, 3.63) is 40.9 Å². The highest BCUT2D eigenvalue weighted by Gasteiger charge is 2.17. The standard InChI is InChI=1S/C12H10N6O3/c13-8-4-2-1-3-7(8)10-11(21)17(5-9(19)20)12-15-14-6-18(12)16-10/h1-4,6H,5,13H2,(H,19,20). The van der Waals surface area contributed by atoms with E-state index < -0.39 is 18.1 Å². The number of carboxylic acids is 1. The predicted molar refractivity (Wildman–Crippen MR) is 72.5 cm³/mol. The Morgan fingerprint density at radius 3 is 2.81 bits per heavy atom. The Hall–Kier alpha value is -3.23. The summed E-state index contributed by atoms with van der Waals surface area (Å²) >= 11 is 0. The number of hydrogen-bond donors (Lipinski definition) is 2. The first-order chi connectivity index (χ1) is 10.1. The van der Waals surface area contributed by atoms with E-state index in [1.165, 1.54) is 10.8 Å². The van der Waals surface area contributed by atoms with E-state index in [2.05, 4.69) is 15.3 Å². The van der Waals surface area contributed by atoms with Crippen LogP contribution >= 0.6 is 0 Å². The summed E-state index contributed by atoms with van der Waals surface area (Å²) in [7, 11) is 0. The maximum Gasteiger partial charge on any atom is 0.323 e. The molecule has 0 atom stereocenters. The lowest BCUT2D eigenvalue weighted by Crippen LogP contribution is -2.29. The van der Waals surface area contributed by atoms with E-state index in [0.29, 0.717) is 11.3 Å². The molecule has 9 heteroatoms. The topological polar surface area (TPSA) is 128 Å². The van der Waals surface area contributed by atoms with E-state index in [1.807, 2.05) is 0 Å². The number of aliphatic carboxylic acids is 1. The molecular formula is C12H10N6O3. The summed E-state index contributed by atoms with van der Waals surface area (Å²) < 4.78 is 2.23. The van der Waals surface area contributed by atoms with Gasteiger partial charge in [-0.05, 0) is 6.07 Å². The minimum absolute atomic E-state index is 0.0432. The summed E-state index contributed by atoms with van der Waals surface area (Å²) in [6, 6.07) is 6.71. The van der Waals surface area contributed by atoms with Gasteiger partial charge < -0.3 is 10.8 Å². The number of nitrogens with two attached hydrogens (primary N) is 1. The van der Waals surface area contributed by atoms with E-state index in [4.69, 9.17) is 10.8 Å². The largest absolute Gasteiger partial charge is 0.480 e. The van der Waals surface area contributed by atoms with Crippen LogP contribution in [-0.4, -0.2) is 35.5 Å². The lowest BCUT2D eigenvalue weighted by Gasteiger charge is -2.08. The van der Waals surface area contributed by atoms with E-state index in [9.17, 15) is 9.59 Å². The second-order valence-corrected chi connectivity index (χ2v) is 4.30. The third kappa shape index (κ3) is 2.10. The van der Waals surface area contributed by atoms with Gasteiger partial charge in [0.2, 0.25) is 0 Å².